The predicted octanol–water partition coefficient (Wildman–Crippen LogP) is 11.5. The molecule has 10 rings (SSSR count). The molecule has 0 aliphatic heterocycles. The van der Waals surface area contributed by atoms with Crippen molar-refractivity contribution < 1.29 is 4.42 Å². The minimum Gasteiger partial charge on any atom is -0.456 e. The highest BCUT2D eigenvalue weighted by molar-refractivity contribution is 6.09. The molecule has 5 nitrogen and oxygen atoms in total. The van der Waals surface area contributed by atoms with Crippen molar-refractivity contribution in [2.24, 2.45) is 0 Å². The van der Waals surface area contributed by atoms with Gasteiger partial charge in [-0.25, -0.2) is 15.0 Å². The zero-order valence-electron chi connectivity index (χ0n) is 26.9. The summed E-state index contributed by atoms with van der Waals surface area (Å²) in [6, 6.07) is 58.7. The summed E-state index contributed by atoms with van der Waals surface area (Å²) in [5.41, 5.74) is 10.3. The number of para-hydroxylation sites is 3. The summed E-state index contributed by atoms with van der Waals surface area (Å²) >= 11 is 0. The second-order valence-electron chi connectivity index (χ2n) is 12.5. The maximum atomic E-state index is 6.05. The Kier molecular flexibility index (Phi) is 6.42. The maximum Gasteiger partial charge on any atom is 0.164 e. The number of rotatable bonds is 5. The van der Waals surface area contributed by atoms with E-state index in [0.717, 1.165) is 55.4 Å². The number of nitrogens with zero attached hydrogens (tertiary/aromatic N) is 4. The molecule has 0 N–H and O–H groups in total. The van der Waals surface area contributed by atoms with Gasteiger partial charge >= 0.3 is 0 Å². The van der Waals surface area contributed by atoms with Crippen LogP contribution in [0.15, 0.2) is 174 Å². The molecule has 0 saturated carbocycles. The SMILES string of the molecule is c1ccc(-c2nc(-c3ccc(-c4ccc5oc6ccccc6c5c4)cc3)nc(-c3ccc(-n4c5ccccc5c5ccccc54)cc3)n2)cc1. The van der Waals surface area contributed by atoms with Gasteiger partial charge in [0.15, 0.2) is 17.5 Å². The van der Waals surface area contributed by atoms with Gasteiger partial charge in [-0.2, -0.15) is 0 Å². The van der Waals surface area contributed by atoms with Crippen LogP contribution in [0, 0.1) is 0 Å². The number of aromatic nitrogens is 4. The Balaban J connectivity index is 1.04. The van der Waals surface area contributed by atoms with Crippen LogP contribution in [0.4, 0.5) is 0 Å². The Labute approximate surface area is 287 Å². The molecule has 5 heteroatoms. The highest BCUT2D eigenvalue weighted by Crippen LogP contribution is 2.35. The minimum atomic E-state index is 0.628. The second kappa shape index (κ2) is 11.4. The van der Waals surface area contributed by atoms with E-state index in [9.17, 15) is 0 Å². The van der Waals surface area contributed by atoms with Gasteiger partial charge in [0.2, 0.25) is 0 Å². The third-order valence-corrected chi connectivity index (χ3v) is 9.48. The standard InChI is InChI=1S/C45H28N4O/c1-2-10-30(11-3-1)43-46-44(31-20-18-29(19-21-31)33-24-27-42-38(28-33)37-14-6-9-17-41(37)50-42)48-45(47-43)32-22-25-34(26-23-32)49-39-15-7-4-12-35(39)36-13-5-8-16-40(36)49/h1-28H. The number of benzene rings is 7. The van der Waals surface area contributed by atoms with Crippen molar-refractivity contribution in [3.8, 4) is 51.0 Å². The molecule has 0 aliphatic carbocycles. The number of hydrogen-bond acceptors (Lipinski definition) is 4. The molecule has 3 heterocycles. The second-order valence-corrected chi connectivity index (χ2v) is 12.5. The van der Waals surface area contributed by atoms with E-state index in [4.69, 9.17) is 19.4 Å². The smallest absolute Gasteiger partial charge is 0.164 e. The zero-order chi connectivity index (χ0) is 33.0. The van der Waals surface area contributed by atoms with Gasteiger partial charge in [0.1, 0.15) is 11.2 Å². The fourth-order valence-corrected chi connectivity index (χ4v) is 7.03. The number of fused-ring (bicyclic) bond motifs is 6. The summed E-state index contributed by atoms with van der Waals surface area (Å²) in [5, 5.41) is 4.71. The predicted molar refractivity (Wildman–Crippen MR) is 203 cm³/mol. The molecule has 0 aliphatic rings. The first-order chi connectivity index (χ1) is 24.8. The molecule has 0 bridgehead atoms. The van der Waals surface area contributed by atoms with E-state index in [1.807, 2.05) is 48.5 Å². The Morgan fingerprint density at radius 2 is 0.800 bits per heavy atom. The Morgan fingerprint density at radius 3 is 1.44 bits per heavy atom. The summed E-state index contributed by atoms with van der Waals surface area (Å²) in [6.45, 7) is 0. The Morgan fingerprint density at radius 1 is 0.340 bits per heavy atom. The van der Waals surface area contributed by atoms with E-state index in [-0.39, 0.29) is 0 Å². The van der Waals surface area contributed by atoms with Crippen LogP contribution in [0.1, 0.15) is 0 Å². The zero-order valence-corrected chi connectivity index (χ0v) is 26.9. The summed E-state index contributed by atoms with van der Waals surface area (Å²) in [4.78, 5) is 14.9. The molecular formula is C45H28N4O. The van der Waals surface area contributed by atoms with Crippen molar-refractivity contribution in [1.82, 2.24) is 19.5 Å². The van der Waals surface area contributed by atoms with Crippen LogP contribution in [0.25, 0.3) is 94.7 Å². The summed E-state index contributed by atoms with van der Waals surface area (Å²) in [7, 11) is 0. The highest BCUT2D eigenvalue weighted by Gasteiger charge is 2.15. The third-order valence-electron chi connectivity index (χ3n) is 9.48. The van der Waals surface area contributed by atoms with Crippen molar-refractivity contribution in [3.63, 3.8) is 0 Å². The Hall–Kier alpha value is -6.85. The Bertz CT molecular complexity index is 2800. The molecule has 50 heavy (non-hydrogen) atoms. The van der Waals surface area contributed by atoms with Crippen LogP contribution >= 0.6 is 0 Å². The average molecular weight is 641 g/mol. The minimum absolute atomic E-state index is 0.628. The first-order valence-corrected chi connectivity index (χ1v) is 16.7. The number of furan rings is 1. The molecule has 0 amide bonds. The quantitative estimate of drug-likeness (QED) is 0.188. The summed E-state index contributed by atoms with van der Waals surface area (Å²) < 4.78 is 8.37. The summed E-state index contributed by atoms with van der Waals surface area (Å²) in [5.74, 6) is 1.89. The van der Waals surface area contributed by atoms with Crippen molar-refractivity contribution in [3.05, 3.63) is 170 Å². The van der Waals surface area contributed by atoms with E-state index >= 15 is 0 Å². The third kappa shape index (κ3) is 4.67. The molecule has 7 aromatic carbocycles. The van der Waals surface area contributed by atoms with Gasteiger partial charge in [-0.05, 0) is 65.7 Å². The molecule has 0 saturated heterocycles. The first-order valence-electron chi connectivity index (χ1n) is 16.7. The molecule has 0 unspecified atom stereocenters. The van der Waals surface area contributed by atoms with Gasteiger partial charge in [-0.1, -0.05) is 115 Å². The monoisotopic (exact) mass is 640 g/mol. The van der Waals surface area contributed by atoms with E-state index in [1.165, 1.54) is 21.8 Å². The van der Waals surface area contributed by atoms with Crippen molar-refractivity contribution in [2.45, 2.75) is 0 Å². The first kappa shape index (κ1) is 28.2. The lowest BCUT2D eigenvalue weighted by atomic mass is 10.0. The summed E-state index contributed by atoms with van der Waals surface area (Å²) in [6.07, 6.45) is 0. The molecular weight excluding hydrogens is 613 g/mol. The van der Waals surface area contributed by atoms with Gasteiger partial charge in [0.25, 0.3) is 0 Å². The maximum absolute atomic E-state index is 6.05. The molecule has 10 aromatic rings. The fourth-order valence-electron chi connectivity index (χ4n) is 7.03. The van der Waals surface area contributed by atoms with Crippen LogP contribution in [-0.2, 0) is 0 Å². The molecule has 0 radical (unpaired) electrons. The van der Waals surface area contributed by atoms with Crippen LogP contribution in [-0.4, -0.2) is 19.5 Å². The van der Waals surface area contributed by atoms with E-state index < -0.39 is 0 Å². The highest BCUT2D eigenvalue weighted by atomic mass is 16.3. The van der Waals surface area contributed by atoms with Crippen LogP contribution in [0.3, 0.4) is 0 Å². The molecule has 0 atom stereocenters. The van der Waals surface area contributed by atoms with Gasteiger partial charge in [-0.3, -0.25) is 0 Å². The van der Waals surface area contributed by atoms with Crippen LogP contribution in [0.2, 0.25) is 0 Å². The molecule has 0 spiro atoms. The lowest BCUT2D eigenvalue weighted by Gasteiger charge is -2.11. The van der Waals surface area contributed by atoms with Crippen LogP contribution in [0.5, 0.6) is 0 Å². The lowest BCUT2D eigenvalue weighted by molar-refractivity contribution is 0.669. The van der Waals surface area contributed by atoms with Gasteiger partial charge in [0.05, 0.1) is 11.0 Å². The van der Waals surface area contributed by atoms with Gasteiger partial charge < -0.3 is 8.98 Å². The van der Waals surface area contributed by atoms with Gasteiger partial charge in [-0.15, -0.1) is 0 Å². The van der Waals surface area contributed by atoms with Crippen molar-refractivity contribution in [1.29, 1.82) is 0 Å². The van der Waals surface area contributed by atoms with Gasteiger partial charge in [0, 0.05) is 43.9 Å². The van der Waals surface area contributed by atoms with Crippen molar-refractivity contribution in [2.75, 3.05) is 0 Å². The largest absolute Gasteiger partial charge is 0.456 e. The van der Waals surface area contributed by atoms with E-state index in [2.05, 4.69) is 126 Å². The number of hydrogen-bond donors (Lipinski definition) is 0. The van der Waals surface area contributed by atoms with Crippen LogP contribution < -0.4 is 0 Å². The average Bonchev–Trinajstić information content (AvgIpc) is 3.74. The van der Waals surface area contributed by atoms with E-state index in [1.54, 1.807) is 0 Å². The van der Waals surface area contributed by atoms with Crippen molar-refractivity contribution >= 4 is 43.7 Å². The molecule has 3 aromatic heterocycles. The topological polar surface area (TPSA) is 56.7 Å². The normalized spacial score (nSPS) is 11.6. The lowest BCUT2D eigenvalue weighted by Crippen LogP contribution is -2.00. The molecule has 0 fully saturated rings. The van der Waals surface area contributed by atoms with E-state index in [0.29, 0.717) is 17.5 Å². The fraction of sp³-hybridized carbons (Fsp3) is 0. The molecule has 234 valence electrons.